The van der Waals surface area contributed by atoms with Crippen molar-refractivity contribution in [2.75, 3.05) is 0 Å². The van der Waals surface area contributed by atoms with E-state index in [2.05, 4.69) is 50.6 Å². The fourth-order valence-electron chi connectivity index (χ4n) is 7.57. The third-order valence-electron chi connectivity index (χ3n) is 10.6. The van der Waals surface area contributed by atoms with E-state index in [-0.39, 0.29) is 0 Å². The molecule has 0 saturated heterocycles. The predicted octanol–water partition coefficient (Wildman–Crippen LogP) is 17.3. The van der Waals surface area contributed by atoms with Crippen LogP contribution in [0.1, 0.15) is 153 Å². The fraction of sp³-hybridized carbons (Fsp3) is 0.545. The van der Waals surface area contributed by atoms with E-state index in [9.17, 15) is 0 Å². The average molecular weight is 805 g/mol. The molecule has 6 heterocycles. The molecule has 0 fully saturated rings. The number of fused-ring (bicyclic) bond motifs is 4. The van der Waals surface area contributed by atoms with E-state index in [4.69, 9.17) is 9.97 Å². The number of thiazole rings is 2. The number of unbranched alkanes of at least 4 members (excludes halogenated alkanes) is 12. The third-order valence-corrected chi connectivity index (χ3v) is 18.0. The molecular formula is C44H56N2S6. The highest BCUT2D eigenvalue weighted by Gasteiger charge is 2.23. The molecule has 1 aromatic carbocycles. The minimum absolute atomic E-state index is 1.14. The van der Waals surface area contributed by atoms with Gasteiger partial charge in [-0.2, -0.15) is 0 Å². The van der Waals surface area contributed by atoms with Crippen LogP contribution in [0.5, 0.6) is 0 Å². The van der Waals surface area contributed by atoms with Crippen molar-refractivity contribution in [2.45, 2.75) is 156 Å². The van der Waals surface area contributed by atoms with Crippen molar-refractivity contribution < 1.29 is 0 Å². The van der Waals surface area contributed by atoms with Crippen molar-refractivity contribution in [2.24, 2.45) is 0 Å². The van der Waals surface area contributed by atoms with Crippen LogP contribution in [0.25, 0.3) is 59.0 Å². The van der Waals surface area contributed by atoms with Crippen LogP contribution in [0.15, 0.2) is 22.9 Å². The Morgan fingerprint density at radius 2 is 0.808 bits per heavy atom. The lowest BCUT2D eigenvalue weighted by atomic mass is 10.1. The zero-order valence-electron chi connectivity index (χ0n) is 31.8. The minimum atomic E-state index is 1.14. The molecule has 6 aromatic heterocycles. The number of aromatic nitrogens is 2. The highest BCUT2D eigenvalue weighted by atomic mass is 32.1. The molecule has 0 amide bonds. The van der Waals surface area contributed by atoms with Crippen molar-refractivity contribution in [1.82, 2.24) is 9.97 Å². The maximum atomic E-state index is 5.38. The van der Waals surface area contributed by atoms with Crippen LogP contribution in [-0.4, -0.2) is 9.97 Å². The summed E-state index contributed by atoms with van der Waals surface area (Å²) in [6.07, 6.45) is 25.7. The summed E-state index contributed by atoms with van der Waals surface area (Å²) >= 11 is 11.8. The summed E-state index contributed by atoms with van der Waals surface area (Å²) in [5.74, 6) is 0. The second-order valence-electron chi connectivity index (χ2n) is 14.7. The Balaban J connectivity index is 1.20. The Bertz CT molecular complexity index is 1980. The van der Waals surface area contributed by atoms with Gasteiger partial charge in [-0.1, -0.05) is 105 Å². The molecule has 278 valence electrons. The molecule has 2 nitrogen and oxygen atoms in total. The maximum Gasteiger partial charge on any atom is 0.134 e. The summed E-state index contributed by atoms with van der Waals surface area (Å²) in [6.45, 7) is 9.23. The van der Waals surface area contributed by atoms with Gasteiger partial charge in [-0.25, -0.2) is 9.97 Å². The lowest BCUT2D eigenvalue weighted by Gasteiger charge is -2.02. The summed E-state index contributed by atoms with van der Waals surface area (Å²) in [7, 11) is 0. The normalized spacial score (nSPS) is 12.2. The van der Waals surface area contributed by atoms with E-state index in [1.165, 1.54) is 158 Å². The van der Waals surface area contributed by atoms with Gasteiger partial charge in [0.15, 0.2) is 0 Å². The molecule has 7 aromatic rings. The van der Waals surface area contributed by atoms with Crippen LogP contribution >= 0.6 is 68.0 Å². The van der Waals surface area contributed by atoms with Gasteiger partial charge in [0.05, 0.1) is 30.2 Å². The highest BCUT2D eigenvalue weighted by Crippen LogP contribution is 2.49. The Morgan fingerprint density at radius 3 is 1.19 bits per heavy atom. The van der Waals surface area contributed by atoms with Gasteiger partial charge in [0, 0.05) is 18.8 Å². The van der Waals surface area contributed by atoms with Crippen molar-refractivity contribution >= 4 is 107 Å². The van der Waals surface area contributed by atoms with E-state index in [0.29, 0.717) is 0 Å². The average Bonchev–Trinajstić information content (AvgIpc) is 3.99. The van der Waals surface area contributed by atoms with E-state index >= 15 is 0 Å². The first-order valence-electron chi connectivity index (χ1n) is 20.4. The van der Waals surface area contributed by atoms with Gasteiger partial charge in [0.2, 0.25) is 0 Å². The number of thiophene rings is 4. The van der Waals surface area contributed by atoms with Crippen LogP contribution in [-0.2, 0) is 25.7 Å². The van der Waals surface area contributed by atoms with E-state index < -0.39 is 0 Å². The Hall–Kier alpha value is -1.68. The lowest BCUT2D eigenvalue weighted by molar-refractivity contribution is 0.668. The number of benzene rings is 1. The number of nitrogens with zero attached hydrogens (tertiary/aromatic N) is 2. The quantitative estimate of drug-likeness (QED) is 0.0638. The summed E-state index contributed by atoms with van der Waals surface area (Å²) in [6, 6.07) is 4.69. The Morgan fingerprint density at radius 1 is 0.423 bits per heavy atom. The van der Waals surface area contributed by atoms with Gasteiger partial charge in [-0.05, 0) is 96.5 Å². The van der Waals surface area contributed by atoms with Gasteiger partial charge < -0.3 is 0 Å². The molecule has 0 spiro atoms. The molecule has 0 unspecified atom stereocenters. The summed E-state index contributed by atoms with van der Waals surface area (Å²) in [5.41, 5.74) is 8.55. The Labute approximate surface area is 335 Å². The second kappa shape index (κ2) is 18.8. The standard InChI is InChI=1S/C44H56N2S6/c1-5-9-13-17-21-29-27-47-39-31(23-19-15-11-7-3)41(51-37(29)39)43-45-33-25-36-34(26-35(33)49-43)46-44(50-36)42-32(24-20-16-12-8-4)40-38(52-42)30(28-48-40)22-18-14-10-6-2/h25-28H,5-24H2,1-4H3. The largest absolute Gasteiger partial charge is 0.235 e. The molecule has 0 saturated carbocycles. The van der Waals surface area contributed by atoms with Crippen molar-refractivity contribution in [3.05, 3.63) is 45.1 Å². The zero-order chi connectivity index (χ0) is 35.9. The third kappa shape index (κ3) is 8.58. The molecule has 8 heteroatoms. The van der Waals surface area contributed by atoms with Crippen molar-refractivity contribution in [1.29, 1.82) is 0 Å². The fourth-order valence-corrected chi connectivity index (χ4v) is 15.3. The number of aryl methyl sites for hydroxylation is 4. The molecule has 0 aliphatic heterocycles. The molecule has 0 bridgehead atoms. The van der Waals surface area contributed by atoms with Crippen LogP contribution in [0.4, 0.5) is 0 Å². The van der Waals surface area contributed by atoms with Crippen molar-refractivity contribution in [3.8, 4) is 19.8 Å². The second-order valence-corrected chi connectivity index (χ2v) is 20.6. The van der Waals surface area contributed by atoms with Gasteiger partial charge in [-0.15, -0.1) is 68.0 Å². The Kier molecular flexibility index (Phi) is 13.9. The number of hydrogen-bond acceptors (Lipinski definition) is 8. The first kappa shape index (κ1) is 38.6. The molecule has 0 aliphatic rings. The molecule has 0 radical (unpaired) electrons. The molecule has 0 aliphatic carbocycles. The monoisotopic (exact) mass is 804 g/mol. The van der Waals surface area contributed by atoms with Crippen LogP contribution in [0.3, 0.4) is 0 Å². The van der Waals surface area contributed by atoms with Crippen LogP contribution in [0.2, 0.25) is 0 Å². The first-order chi connectivity index (χ1) is 25.6. The maximum absolute atomic E-state index is 5.38. The number of hydrogen-bond donors (Lipinski definition) is 0. The molecule has 0 N–H and O–H groups in total. The van der Waals surface area contributed by atoms with Gasteiger partial charge >= 0.3 is 0 Å². The van der Waals surface area contributed by atoms with E-state index in [1.54, 1.807) is 41.1 Å². The topological polar surface area (TPSA) is 25.8 Å². The smallest absolute Gasteiger partial charge is 0.134 e. The van der Waals surface area contributed by atoms with Gasteiger partial charge in [-0.3, -0.25) is 0 Å². The first-order valence-corrected chi connectivity index (χ1v) is 25.4. The molecular weight excluding hydrogens is 749 g/mol. The van der Waals surface area contributed by atoms with E-state index in [0.717, 1.165) is 11.0 Å². The molecule has 7 rings (SSSR count). The summed E-state index contributed by atoms with van der Waals surface area (Å²) in [4.78, 5) is 13.6. The highest BCUT2D eigenvalue weighted by molar-refractivity contribution is 7.33. The van der Waals surface area contributed by atoms with Crippen molar-refractivity contribution in [3.63, 3.8) is 0 Å². The van der Waals surface area contributed by atoms with Crippen LogP contribution in [0, 0.1) is 0 Å². The zero-order valence-corrected chi connectivity index (χ0v) is 36.7. The van der Waals surface area contributed by atoms with Crippen LogP contribution < -0.4 is 0 Å². The SMILES string of the molecule is CCCCCCc1csc2c(CCCCCC)c(-c3nc4cc5sc(-c6sc7c(CCCCCC)csc7c6CCCCCC)nc5cc4s3)sc12. The summed E-state index contributed by atoms with van der Waals surface area (Å²) in [5, 5.41) is 7.35. The summed E-state index contributed by atoms with van der Waals surface area (Å²) < 4.78 is 8.71. The molecule has 0 atom stereocenters. The molecule has 52 heavy (non-hydrogen) atoms. The van der Waals surface area contributed by atoms with Gasteiger partial charge in [0.25, 0.3) is 0 Å². The van der Waals surface area contributed by atoms with E-state index in [1.807, 2.05) is 68.0 Å². The van der Waals surface area contributed by atoms with Gasteiger partial charge in [0.1, 0.15) is 10.0 Å². The number of rotatable bonds is 22. The minimum Gasteiger partial charge on any atom is -0.235 e. The predicted molar refractivity (Wildman–Crippen MR) is 242 cm³/mol. The lowest BCUT2D eigenvalue weighted by Crippen LogP contribution is -1.86.